The summed E-state index contributed by atoms with van der Waals surface area (Å²) in [6, 6.07) is 25.2. The van der Waals surface area contributed by atoms with E-state index >= 15 is 0 Å². The third-order valence-corrected chi connectivity index (χ3v) is 5.30. The number of hydrogen-bond acceptors (Lipinski definition) is 2. The molecular formula is C24H17N3. The predicted octanol–water partition coefficient (Wildman–Crippen LogP) is 5.80. The third-order valence-electron chi connectivity index (χ3n) is 5.30. The van der Waals surface area contributed by atoms with Crippen molar-refractivity contribution >= 4 is 27.3 Å². The average Bonchev–Trinajstić information content (AvgIpc) is 3.08. The Kier molecular flexibility index (Phi) is 3.29. The van der Waals surface area contributed by atoms with Crippen LogP contribution >= 0.6 is 0 Å². The van der Waals surface area contributed by atoms with E-state index in [1.54, 1.807) is 0 Å². The van der Waals surface area contributed by atoms with Crippen molar-refractivity contribution in [1.29, 1.82) is 5.26 Å². The van der Waals surface area contributed by atoms with Crippen molar-refractivity contribution in [3.63, 3.8) is 0 Å². The van der Waals surface area contributed by atoms with Crippen LogP contribution in [0.2, 0.25) is 0 Å². The fourth-order valence-corrected chi connectivity index (χ4v) is 4.14. The van der Waals surface area contributed by atoms with Gasteiger partial charge in [-0.05, 0) is 36.4 Å². The lowest BCUT2D eigenvalue weighted by Crippen LogP contribution is -1.97. The van der Waals surface area contributed by atoms with Crippen molar-refractivity contribution in [2.75, 3.05) is 0 Å². The molecule has 27 heavy (non-hydrogen) atoms. The Morgan fingerprint density at radius 3 is 2.11 bits per heavy atom. The Hall–Kier alpha value is -3.64. The molecule has 0 bridgehead atoms. The number of benzene rings is 3. The van der Waals surface area contributed by atoms with Crippen LogP contribution in [-0.4, -0.2) is 9.38 Å². The summed E-state index contributed by atoms with van der Waals surface area (Å²) in [5.41, 5.74) is 6.62. The summed E-state index contributed by atoms with van der Waals surface area (Å²) in [6.45, 7) is 4.18. The van der Waals surface area contributed by atoms with Crippen LogP contribution < -0.4 is 0 Å². The second kappa shape index (κ2) is 5.69. The quantitative estimate of drug-likeness (QED) is 0.360. The largest absolute Gasteiger partial charge is 0.290 e. The molecule has 0 aliphatic rings. The standard InChI is InChI=1S/C24H17N3/c1-15-8-7-9-16(2)22(15)23-20(14-25)26-24-19-12-4-3-10-17(19)18-11-5-6-13-21(18)27(23)24/h3-13H,1-2H3. The van der Waals surface area contributed by atoms with E-state index in [2.05, 4.69) is 72.8 Å². The molecule has 0 amide bonds. The highest BCUT2D eigenvalue weighted by molar-refractivity contribution is 6.12. The number of hydrogen-bond donors (Lipinski definition) is 0. The first-order valence-electron chi connectivity index (χ1n) is 8.99. The predicted molar refractivity (Wildman–Crippen MR) is 110 cm³/mol. The minimum Gasteiger partial charge on any atom is -0.290 e. The molecule has 0 saturated carbocycles. The van der Waals surface area contributed by atoms with Crippen LogP contribution in [0.5, 0.6) is 0 Å². The summed E-state index contributed by atoms with van der Waals surface area (Å²) in [4.78, 5) is 4.77. The van der Waals surface area contributed by atoms with Gasteiger partial charge in [0, 0.05) is 16.3 Å². The molecule has 0 spiro atoms. The molecule has 0 saturated heterocycles. The number of aryl methyl sites for hydroxylation is 2. The maximum Gasteiger partial charge on any atom is 0.167 e. The second-order valence-corrected chi connectivity index (χ2v) is 6.91. The number of fused-ring (bicyclic) bond motifs is 6. The first-order valence-corrected chi connectivity index (χ1v) is 8.99. The summed E-state index contributed by atoms with van der Waals surface area (Å²) < 4.78 is 2.16. The topological polar surface area (TPSA) is 41.1 Å². The number of nitriles is 1. The van der Waals surface area contributed by atoms with Gasteiger partial charge in [-0.25, -0.2) is 4.98 Å². The molecule has 128 valence electrons. The molecule has 2 heterocycles. The lowest BCUT2D eigenvalue weighted by Gasteiger charge is -2.13. The van der Waals surface area contributed by atoms with Crippen molar-refractivity contribution in [1.82, 2.24) is 9.38 Å². The summed E-state index contributed by atoms with van der Waals surface area (Å²) in [6.07, 6.45) is 0. The van der Waals surface area contributed by atoms with Crippen molar-refractivity contribution in [2.24, 2.45) is 0 Å². The van der Waals surface area contributed by atoms with Gasteiger partial charge in [-0.15, -0.1) is 0 Å². The van der Waals surface area contributed by atoms with Gasteiger partial charge in [0.2, 0.25) is 0 Å². The smallest absolute Gasteiger partial charge is 0.167 e. The maximum absolute atomic E-state index is 9.88. The van der Waals surface area contributed by atoms with Gasteiger partial charge < -0.3 is 0 Å². The molecule has 3 aromatic carbocycles. The first kappa shape index (κ1) is 15.6. The maximum atomic E-state index is 9.88. The van der Waals surface area contributed by atoms with Gasteiger partial charge >= 0.3 is 0 Å². The summed E-state index contributed by atoms with van der Waals surface area (Å²) in [5.74, 6) is 0. The minimum atomic E-state index is 0.467. The summed E-state index contributed by atoms with van der Waals surface area (Å²) in [7, 11) is 0. The summed E-state index contributed by atoms with van der Waals surface area (Å²) >= 11 is 0. The Morgan fingerprint density at radius 1 is 0.778 bits per heavy atom. The zero-order valence-electron chi connectivity index (χ0n) is 15.2. The van der Waals surface area contributed by atoms with E-state index in [1.807, 2.05) is 18.2 Å². The Morgan fingerprint density at radius 2 is 1.41 bits per heavy atom. The molecule has 5 rings (SSSR count). The number of pyridine rings is 1. The zero-order chi connectivity index (χ0) is 18.5. The zero-order valence-corrected chi connectivity index (χ0v) is 15.2. The molecule has 5 aromatic rings. The number of imidazole rings is 1. The molecule has 0 aliphatic heterocycles. The monoisotopic (exact) mass is 347 g/mol. The van der Waals surface area contributed by atoms with Crippen molar-refractivity contribution in [3.05, 3.63) is 83.6 Å². The number of aromatic nitrogens is 2. The fraction of sp³-hybridized carbons (Fsp3) is 0.0833. The van der Waals surface area contributed by atoms with E-state index in [4.69, 9.17) is 4.98 Å². The second-order valence-electron chi connectivity index (χ2n) is 6.91. The molecule has 0 unspecified atom stereocenters. The van der Waals surface area contributed by atoms with Gasteiger partial charge in [0.1, 0.15) is 11.7 Å². The van der Waals surface area contributed by atoms with Crippen molar-refractivity contribution < 1.29 is 0 Å². The first-order chi connectivity index (χ1) is 13.2. The molecule has 3 heteroatoms. The Labute approximate surface area is 157 Å². The molecule has 2 aromatic heterocycles. The van der Waals surface area contributed by atoms with Crippen LogP contribution in [0.3, 0.4) is 0 Å². The van der Waals surface area contributed by atoms with E-state index in [0.717, 1.165) is 49.7 Å². The van der Waals surface area contributed by atoms with Gasteiger partial charge in [0.05, 0.1) is 11.2 Å². The van der Waals surface area contributed by atoms with E-state index in [-0.39, 0.29) is 0 Å². The lowest BCUT2D eigenvalue weighted by molar-refractivity contribution is 1.24. The molecule has 0 fully saturated rings. The van der Waals surface area contributed by atoms with Crippen LogP contribution in [0.1, 0.15) is 16.8 Å². The van der Waals surface area contributed by atoms with Crippen LogP contribution in [-0.2, 0) is 0 Å². The van der Waals surface area contributed by atoms with E-state index in [9.17, 15) is 5.26 Å². The number of rotatable bonds is 1. The van der Waals surface area contributed by atoms with Gasteiger partial charge in [-0.2, -0.15) is 5.26 Å². The number of nitrogens with zero attached hydrogens (tertiary/aromatic N) is 3. The van der Waals surface area contributed by atoms with E-state index < -0.39 is 0 Å². The molecule has 0 radical (unpaired) electrons. The highest BCUT2D eigenvalue weighted by atomic mass is 15.0. The average molecular weight is 347 g/mol. The van der Waals surface area contributed by atoms with Gasteiger partial charge in [-0.1, -0.05) is 60.7 Å². The molecule has 0 aliphatic carbocycles. The van der Waals surface area contributed by atoms with Gasteiger partial charge in [0.25, 0.3) is 0 Å². The van der Waals surface area contributed by atoms with Gasteiger partial charge in [0.15, 0.2) is 5.69 Å². The molecule has 0 N–H and O–H groups in total. The van der Waals surface area contributed by atoms with Crippen LogP contribution in [0.25, 0.3) is 38.6 Å². The van der Waals surface area contributed by atoms with Crippen LogP contribution in [0, 0.1) is 25.2 Å². The van der Waals surface area contributed by atoms with E-state index in [1.165, 1.54) is 0 Å². The van der Waals surface area contributed by atoms with Crippen molar-refractivity contribution in [3.8, 4) is 17.3 Å². The highest BCUT2D eigenvalue weighted by Gasteiger charge is 2.21. The molecule has 0 atom stereocenters. The minimum absolute atomic E-state index is 0.467. The Bertz CT molecular complexity index is 1380. The van der Waals surface area contributed by atoms with Crippen LogP contribution in [0.4, 0.5) is 0 Å². The van der Waals surface area contributed by atoms with E-state index in [0.29, 0.717) is 5.69 Å². The normalized spacial score (nSPS) is 11.3. The number of para-hydroxylation sites is 1. The Balaban J connectivity index is 2.12. The fourth-order valence-electron chi connectivity index (χ4n) is 4.14. The van der Waals surface area contributed by atoms with Crippen molar-refractivity contribution in [2.45, 2.75) is 13.8 Å². The SMILES string of the molecule is Cc1cccc(C)c1-c1c(C#N)nc2c3ccccc3c3ccccc3n12. The third kappa shape index (κ3) is 2.10. The molecular weight excluding hydrogens is 330 g/mol. The van der Waals surface area contributed by atoms with Gasteiger partial charge in [-0.3, -0.25) is 4.40 Å². The highest BCUT2D eigenvalue weighted by Crippen LogP contribution is 2.36. The summed E-state index contributed by atoms with van der Waals surface area (Å²) in [5, 5.41) is 13.3. The molecule has 3 nitrogen and oxygen atoms in total. The van der Waals surface area contributed by atoms with Crippen LogP contribution in [0.15, 0.2) is 66.7 Å². The lowest BCUT2D eigenvalue weighted by atomic mass is 9.98.